The van der Waals surface area contributed by atoms with Gasteiger partial charge < -0.3 is 6.92 Å². The van der Waals surface area contributed by atoms with Crippen molar-refractivity contribution in [1.82, 2.24) is 0 Å². The monoisotopic (exact) mass is 650 g/mol. The Balaban J connectivity index is 0.00000384. The SMILES string of the molecule is [CH2-]CCC[C-]([Si](c1ccccc1)(c1ccccc1)c1ccccc1)[Si](c1ccccc1)(c1ccccc1)c1ccccc1.[Zn+2]. The van der Waals surface area contributed by atoms with E-state index >= 15 is 0 Å². The zero-order valence-corrected chi connectivity index (χ0v) is 30.3. The van der Waals surface area contributed by atoms with Crippen LogP contribution in [0.15, 0.2) is 182 Å². The van der Waals surface area contributed by atoms with Gasteiger partial charge in [-0.1, -0.05) is 213 Å². The van der Waals surface area contributed by atoms with Crippen molar-refractivity contribution in [2.75, 3.05) is 0 Å². The molecule has 0 atom stereocenters. The van der Waals surface area contributed by atoms with Gasteiger partial charge in [-0.15, -0.1) is 6.42 Å². The van der Waals surface area contributed by atoms with E-state index in [4.69, 9.17) is 0 Å². The molecule has 0 saturated heterocycles. The first-order valence-corrected chi connectivity index (χ1v) is 19.3. The van der Waals surface area contributed by atoms with Crippen LogP contribution in [0.3, 0.4) is 0 Å². The second kappa shape index (κ2) is 14.9. The molecule has 0 N–H and O–H groups in total. The third kappa shape index (κ3) is 5.77. The van der Waals surface area contributed by atoms with Gasteiger partial charge in [0.2, 0.25) is 0 Å². The zero-order valence-electron chi connectivity index (χ0n) is 25.4. The Hall–Kier alpha value is -3.62. The molecule has 0 fully saturated rings. The molecule has 6 aromatic carbocycles. The average Bonchev–Trinajstić information content (AvgIpc) is 3.10. The third-order valence-electron chi connectivity index (χ3n) is 8.82. The van der Waals surface area contributed by atoms with Gasteiger partial charge in [0.05, 0.1) is 0 Å². The standard InChI is InChI=1S/C41H38Si2.Zn/c1-2-3-34-41(42(35-22-10-4-11-23-35,36-24-12-5-13-25-36)37-26-14-6-15-27-37)43(38-28-16-7-17-29-38,39-30-18-8-19-31-39)40-32-20-9-21-33-40;/h4-33H,1-3,34H2;/q-2;+2. The molecule has 3 heteroatoms. The quantitative estimate of drug-likeness (QED) is 0.0919. The average molecular weight is 652 g/mol. The fourth-order valence-corrected chi connectivity index (χ4v) is 21.3. The molecule has 0 amide bonds. The predicted octanol–water partition coefficient (Wildman–Crippen LogP) is 5.98. The molecular weight excluding hydrogens is 614 g/mol. The molecule has 44 heavy (non-hydrogen) atoms. The number of rotatable bonds is 11. The second-order valence-electron chi connectivity index (χ2n) is 11.1. The summed E-state index contributed by atoms with van der Waals surface area (Å²) in [7, 11) is -5.65. The van der Waals surface area contributed by atoms with E-state index in [1.165, 1.54) is 31.1 Å². The first-order chi connectivity index (χ1) is 21.3. The Morgan fingerprint density at radius 3 is 0.750 bits per heavy atom. The van der Waals surface area contributed by atoms with E-state index in [0.29, 0.717) is 0 Å². The summed E-state index contributed by atoms with van der Waals surface area (Å²) in [5.74, 6) is 0. The van der Waals surface area contributed by atoms with E-state index in [2.05, 4.69) is 189 Å². The van der Waals surface area contributed by atoms with Crippen LogP contribution >= 0.6 is 0 Å². The fourth-order valence-electron chi connectivity index (χ4n) is 7.13. The largest absolute Gasteiger partial charge is 2.00 e. The van der Waals surface area contributed by atoms with E-state index in [9.17, 15) is 0 Å². The molecule has 6 rings (SSSR count). The Bertz CT molecular complexity index is 1360. The van der Waals surface area contributed by atoms with Gasteiger partial charge in [-0.2, -0.15) is 12.8 Å². The molecule has 0 heterocycles. The summed E-state index contributed by atoms with van der Waals surface area (Å²) in [6.07, 6.45) is 2.95. The second-order valence-corrected chi connectivity index (χ2v) is 19.3. The maximum atomic E-state index is 4.38. The van der Waals surface area contributed by atoms with Gasteiger partial charge >= 0.3 is 19.5 Å². The maximum Gasteiger partial charge on any atom is 2.00 e. The molecule has 0 aliphatic heterocycles. The minimum atomic E-state index is -2.82. The van der Waals surface area contributed by atoms with Gasteiger partial charge in [-0.25, -0.2) is 0 Å². The van der Waals surface area contributed by atoms with Crippen molar-refractivity contribution in [3.8, 4) is 0 Å². The van der Waals surface area contributed by atoms with Gasteiger partial charge in [0.15, 0.2) is 0 Å². The molecule has 0 aliphatic rings. The van der Waals surface area contributed by atoms with Crippen LogP contribution in [0.4, 0.5) is 0 Å². The van der Waals surface area contributed by atoms with Gasteiger partial charge in [0, 0.05) is 16.1 Å². The zero-order chi connectivity index (χ0) is 29.4. The summed E-state index contributed by atoms with van der Waals surface area (Å²) < 4.78 is 0. The molecule has 0 radical (unpaired) electrons. The minimum Gasteiger partial charge on any atom is -0.343 e. The molecule has 212 valence electrons. The summed E-state index contributed by atoms with van der Waals surface area (Å²) in [5.41, 5.74) is 0. The van der Waals surface area contributed by atoms with Gasteiger partial charge in [-0.3, -0.25) is 5.16 Å². The normalized spacial score (nSPS) is 11.6. The third-order valence-corrected chi connectivity index (χ3v) is 20.6. The van der Waals surface area contributed by atoms with Crippen LogP contribution < -0.4 is 31.1 Å². The first-order valence-electron chi connectivity index (χ1n) is 15.3. The molecule has 0 saturated carbocycles. The van der Waals surface area contributed by atoms with Gasteiger partial charge in [0.1, 0.15) is 0 Å². The minimum absolute atomic E-state index is 0. The van der Waals surface area contributed by atoms with Crippen LogP contribution in [0.2, 0.25) is 0 Å². The van der Waals surface area contributed by atoms with Crippen molar-refractivity contribution in [3.63, 3.8) is 0 Å². The van der Waals surface area contributed by atoms with Crippen LogP contribution in [-0.4, -0.2) is 16.1 Å². The molecule has 0 aromatic heterocycles. The van der Waals surface area contributed by atoms with Crippen molar-refractivity contribution in [2.45, 2.75) is 19.3 Å². The topological polar surface area (TPSA) is 0 Å². The number of benzene rings is 6. The van der Waals surface area contributed by atoms with E-state index < -0.39 is 16.1 Å². The summed E-state index contributed by atoms with van der Waals surface area (Å²) in [5, 5.41) is 10.3. The summed E-state index contributed by atoms with van der Waals surface area (Å²) in [6, 6.07) is 68.6. The summed E-state index contributed by atoms with van der Waals surface area (Å²) >= 11 is 0. The van der Waals surface area contributed by atoms with Crippen LogP contribution in [0, 0.1) is 12.1 Å². The molecule has 0 aliphatic carbocycles. The molecular formula is C41H38Si2Zn. The molecule has 0 bridgehead atoms. The smallest absolute Gasteiger partial charge is 0.343 e. The Labute approximate surface area is 278 Å². The molecule has 6 aromatic rings. The fraction of sp³-hybridized carbons (Fsp3) is 0.0732. The van der Waals surface area contributed by atoms with Crippen molar-refractivity contribution >= 4 is 47.3 Å². The Morgan fingerprint density at radius 2 is 0.568 bits per heavy atom. The summed E-state index contributed by atoms with van der Waals surface area (Å²) in [6.45, 7) is 4.38. The predicted molar refractivity (Wildman–Crippen MR) is 190 cm³/mol. The van der Waals surface area contributed by atoms with Crippen LogP contribution in [-0.2, 0) is 19.5 Å². The maximum absolute atomic E-state index is 4.38. The van der Waals surface area contributed by atoms with Crippen molar-refractivity contribution in [1.29, 1.82) is 0 Å². The van der Waals surface area contributed by atoms with Crippen molar-refractivity contribution in [2.24, 2.45) is 0 Å². The Kier molecular flexibility index (Phi) is 10.8. The van der Waals surface area contributed by atoms with Gasteiger partial charge in [0.25, 0.3) is 0 Å². The van der Waals surface area contributed by atoms with E-state index in [1.54, 1.807) is 5.16 Å². The van der Waals surface area contributed by atoms with Gasteiger partial charge in [-0.05, 0) is 0 Å². The number of hydrogen-bond donors (Lipinski definition) is 0. The molecule has 0 nitrogen and oxygen atoms in total. The molecule has 0 spiro atoms. The molecule has 0 unspecified atom stereocenters. The van der Waals surface area contributed by atoms with Crippen molar-refractivity contribution < 1.29 is 19.5 Å². The first kappa shape index (κ1) is 31.8. The van der Waals surface area contributed by atoms with Crippen LogP contribution in [0.25, 0.3) is 0 Å². The van der Waals surface area contributed by atoms with Crippen molar-refractivity contribution in [3.05, 3.63) is 194 Å². The van der Waals surface area contributed by atoms with E-state index in [-0.39, 0.29) is 19.5 Å². The van der Waals surface area contributed by atoms with Crippen LogP contribution in [0.1, 0.15) is 19.3 Å². The summed E-state index contributed by atoms with van der Waals surface area (Å²) in [4.78, 5) is 0. The Morgan fingerprint density at radius 1 is 0.364 bits per heavy atom. The van der Waals surface area contributed by atoms with Crippen LogP contribution in [0.5, 0.6) is 0 Å². The van der Waals surface area contributed by atoms with E-state index in [1.807, 2.05) is 0 Å². The number of hydrogen-bond acceptors (Lipinski definition) is 0. The number of unbranched alkanes of at least 4 members (excludes halogenated alkanes) is 1. The van der Waals surface area contributed by atoms with E-state index in [0.717, 1.165) is 19.3 Å².